The van der Waals surface area contributed by atoms with Gasteiger partial charge in [0.25, 0.3) is 0 Å². The van der Waals surface area contributed by atoms with Crippen molar-refractivity contribution in [3.8, 4) is 0 Å². The summed E-state index contributed by atoms with van der Waals surface area (Å²) in [5.74, 6) is -0.277. The number of hydrogen-bond acceptors (Lipinski definition) is 8. The molecule has 35 heavy (non-hydrogen) atoms. The molecule has 3 aliphatic rings. The average molecular weight is 533 g/mol. The molecule has 0 aromatic heterocycles. The van der Waals surface area contributed by atoms with Crippen molar-refractivity contribution in [3.05, 3.63) is 35.6 Å². The van der Waals surface area contributed by atoms with Crippen molar-refractivity contribution in [2.24, 2.45) is 5.92 Å². The fourth-order valence-corrected chi connectivity index (χ4v) is 6.31. The van der Waals surface area contributed by atoms with E-state index in [2.05, 4.69) is 10.6 Å². The zero-order valence-corrected chi connectivity index (χ0v) is 21.3. The summed E-state index contributed by atoms with van der Waals surface area (Å²) in [6, 6.07) is 5.12. The average Bonchev–Trinajstić information content (AvgIpc) is 3.12. The number of halogens is 2. The van der Waals surface area contributed by atoms with E-state index in [1.54, 1.807) is 13.2 Å². The molecule has 0 radical (unpaired) electrons. The quantitative estimate of drug-likeness (QED) is 0.344. The number of alkyl halides is 1. The number of ether oxygens (including phenoxy) is 2. The number of fused-ring (bicyclic) bond motifs is 1. The summed E-state index contributed by atoms with van der Waals surface area (Å²) in [6.45, 7) is 2.76. The second-order valence-corrected chi connectivity index (χ2v) is 11.3. The number of aliphatic hydroxyl groups is 3. The van der Waals surface area contributed by atoms with Gasteiger partial charge in [0.05, 0.1) is 17.5 Å². The molecule has 0 spiro atoms. The van der Waals surface area contributed by atoms with Crippen LogP contribution in [-0.2, 0) is 14.3 Å². The molecule has 3 aliphatic heterocycles. The molecule has 5 unspecified atom stereocenters. The molecule has 5 N–H and O–H groups in total. The van der Waals surface area contributed by atoms with Gasteiger partial charge in [-0.1, -0.05) is 12.1 Å². The zero-order valence-electron chi connectivity index (χ0n) is 19.7. The lowest BCUT2D eigenvalue weighted by atomic mass is 9.85. The number of carbonyl (C=O) groups is 1. The number of thioether (sulfide) groups is 1. The van der Waals surface area contributed by atoms with Gasteiger partial charge in [0, 0.05) is 19.1 Å². The predicted octanol–water partition coefficient (Wildman–Crippen LogP) is 0.959. The Morgan fingerprint density at radius 3 is 2.60 bits per heavy atom. The first-order valence-corrected chi connectivity index (χ1v) is 13.7. The molecule has 1 aromatic carbocycles. The molecule has 3 saturated heterocycles. The van der Waals surface area contributed by atoms with Gasteiger partial charge in [-0.05, 0) is 49.6 Å². The fraction of sp³-hybridized carbons (Fsp3) is 0.708. The maximum atomic E-state index is 13.4. The summed E-state index contributed by atoms with van der Waals surface area (Å²) < 4.78 is 25.3. The van der Waals surface area contributed by atoms with Crippen LogP contribution in [0.25, 0.3) is 0 Å². The molecule has 11 atom stereocenters. The van der Waals surface area contributed by atoms with Gasteiger partial charge in [-0.15, -0.1) is 23.4 Å². The van der Waals surface area contributed by atoms with E-state index in [-0.39, 0.29) is 29.7 Å². The lowest BCUT2D eigenvalue weighted by molar-refractivity contribution is -0.205. The highest BCUT2D eigenvalue weighted by Gasteiger charge is 2.49. The van der Waals surface area contributed by atoms with Gasteiger partial charge in [0.2, 0.25) is 5.91 Å². The zero-order chi connectivity index (χ0) is 25.3. The molecule has 3 fully saturated rings. The van der Waals surface area contributed by atoms with Crippen molar-refractivity contribution < 1.29 is 34.0 Å². The third-order valence-electron chi connectivity index (χ3n) is 7.38. The van der Waals surface area contributed by atoms with Crippen molar-refractivity contribution in [2.75, 3.05) is 19.4 Å². The highest BCUT2D eigenvalue weighted by atomic mass is 35.5. The minimum Gasteiger partial charge on any atom is -0.388 e. The Morgan fingerprint density at radius 2 is 1.94 bits per heavy atom. The molecule has 8 nitrogen and oxygen atoms in total. The SMILES string of the molecule is CSC1OC([C@H](NC(=O)[C@H]2NC[C@@H]3C[C@@H](c4ccc(F)cc4)CCO[C@H]32)[C@H](C)Cl)C(O)C(O)C1O. The Bertz CT molecular complexity index is 865. The van der Waals surface area contributed by atoms with Gasteiger partial charge >= 0.3 is 0 Å². The number of aliphatic hydroxyl groups excluding tert-OH is 3. The van der Waals surface area contributed by atoms with Gasteiger partial charge in [0.1, 0.15) is 41.7 Å². The third-order valence-corrected chi connectivity index (χ3v) is 8.50. The molecular weight excluding hydrogens is 499 g/mol. The molecular formula is C24H34ClFN2O6S. The molecule has 1 aromatic rings. The van der Waals surface area contributed by atoms with Crippen LogP contribution in [0.3, 0.4) is 0 Å². The Hall–Kier alpha value is -0.980. The second-order valence-electron chi connectivity index (χ2n) is 9.64. The summed E-state index contributed by atoms with van der Waals surface area (Å²) >= 11 is 7.60. The number of rotatable bonds is 6. The van der Waals surface area contributed by atoms with E-state index in [0.29, 0.717) is 13.2 Å². The Labute approximate surface area is 213 Å². The van der Waals surface area contributed by atoms with E-state index in [9.17, 15) is 24.5 Å². The van der Waals surface area contributed by atoms with Crippen LogP contribution in [0.2, 0.25) is 0 Å². The van der Waals surface area contributed by atoms with Crippen LogP contribution in [-0.4, -0.2) is 94.1 Å². The molecule has 3 heterocycles. The Kier molecular flexibility index (Phi) is 8.97. The summed E-state index contributed by atoms with van der Waals surface area (Å²) in [7, 11) is 0. The van der Waals surface area contributed by atoms with Crippen LogP contribution < -0.4 is 10.6 Å². The first-order chi connectivity index (χ1) is 16.7. The highest BCUT2D eigenvalue weighted by molar-refractivity contribution is 7.99. The number of carbonyl (C=O) groups excluding carboxylic acids is 1. The van der Waals surface area contributed by atoms with Gasteiger partial charge in [-0.2, -0.15) is 0 Å². The minimum absolute atomic E-state index is 0.101. The third kappa shape index (κ3) is 5.80. The highest BCUT2D eigenvalue weighted by Crippen LogP contribution is 2.36. The molecule has 0 bridgehead atoms. The standard InChI is InChI=1S/C24H34ClFN2O6S/c1-11(25)16(22-19(30)18(29)20(31)24(34-22)35-2)28-23(32)17-21-14(10-27-17)9-13(7-8-33-21)12-3-5-15(26)6-4-12/h3-6,11,13-14,16-22,24,27,29-31H,7-10H2,1-2H3,(H,28,32)/t11-,13-,14-,16+,17-,18?,19?,20?,21+,22?,24?/m0/s1. The van der Waals surface area contributed by atoms with Crippen LogP contribution in [0.5, 0.6) is 0 Å². The van der Waals surface area contributed by atoms with Crippen LogP contribution in [0.15, 0.2) is 24.3 Å². The van der Waals surface area contributed by atoms with Crippen LogP contribution in [0.4, 0.5) is 4.39 Å². The topological polar surface area (TPSA) is 120 Å². The van der Waals surface area contributed by atoms with Crippen molar-refractivity contribution in [2.45, 2.75) is 79.1 Å². The van der Waals surface area contributed by atoms with Gasteiger partial charge in [-0.3, -0.25) is 4.79 Å². The van der Waals surface area contributed by atoms with E-state index in [1.807, 2.05) is 12.1 Å². The number of nitrogens with one attached hydrogen (secondary N) is 2. The van der Waals surface area contributed by atoms with Crippen LogP contribution in [0.1, 0.15) is 31.2 Å². The summed E-state index contributed by atoms with van der Waals surface area (Å²) in [5.41, 5.74) is 0.294. The lowest BCUT2D eigenvalue weighted by Gasteiger charge is -2.44. The van der Waals surface area contributed by atoms with E-state index in [0.717, 1.165) is 18.4 Å². The van der Waals surface area contributed by atoms with E-state index in [1.165, 1.54) is 23.9 Å². The molecule has 11 heteroatoms. The molecule has 4 rings (SSSR count). The molecule has 0 saturated carbocycles. The van der Waals surface area contributed by atoms with Crippen molar-refractivity contribution in [3.63, 3.8) is 0 Å². The second kappa shape index (κ2) is 11.6. The summed E-state index contributed by atoms with van der Waals surface area (Å²) in [4.78, 5) is 13.4. The number of benzene rings is 1. The largest absolute Gasteiger partial charge is 0.388 e. The maximum Gasteiger partial charge on any atom is 0.240 e. The molecule has 196 valence electrons. The number of amides is 1. The predicted molar refractivity (Wildman–Crippen MR) is 131 cm³/mol. The van der Waals surface area contributed by atoms with Gasteiger partial charge in [0.15, 0.2) is 0 Å². The van der Waals surface area contributed by atoms with Crippen molar-refractivity contribution in [1.29, 1.82) is 0 Å². The molecule has 1 amide bonds. The Morgan fingerprint density at radius 1 is 1.23 bits per heavy atom. The first kappa shape index (κ1) is 27.1. The van der Waals surface area contributed by atoms with Crippen LogP contribution in [0, 0.1) is 11.7 Å². The number of hydrogen-bond donors (Lipinski definition) is 5. The van der Waals surface area contributed by atoms with Gasteiger partial charge in [-0.25, -0.2) is 4.39 Å². The van der Waals surface area contributed by atoms with Crippen LogP contribution >= 0.6 is 23.4 Å². The van der Waals surface area contributed by atoms with Gasteiger partial charge < -0.3 is 35.4 Å². The van der Waals surface area contributed by atoms with Crippen molar-refractivity contribution in [1.82, 2.24) is 10.6 Å². The fourth-order valence-electron chi connectivity index (χ4n) is 5.42. The lowest BCUT2D eigenvalue weighted by Crippen LogP contribution is -2.65. The monoisotopic (exact) mass is 532 g/mol. The van der Waals surface area contributed by atoms with E-state index < -0.39 is 47.3 Å². The van der Waals surface area contributed by atoms with Crippen molar-refractivity contribution >= 4 is 29.3 Å². The Balaban J connectivity index is 1.44. The van der Waals surface area contributed by atoms with E-state index >= 15 is 0 Å². The first-order valence-electron chi connectivity index (χ1n) is 12.0. The summed E-state index contributed by atoms with van der Waals surface area (Å²) in [6.07, 6.45) is -2.13. The molecule has 0 aliphatic carbocycles. The smallest absolute Gasteiger partial charge is 0.240 e. The normalized spacial score (nSPS) is 39.3. The maximum absolute atomic E-state index is 13.4. The van der Waals surface area contributed by atoms with E-state index in [4.69, 9.17) is 21.1 Å². The minimum atomic E-state index is -1.43. The summed E-state index contributed by atoms with van der Waals surface area (Å²) in [5, 5.41) is 36.6.